The smallest absolute Gasteiger partial charge is 0.341 e. The lowest BCUT2D eigenvalue weighted by Crippen LogP contribution is -2.61. The number of esters is 2. The standard InChI is InChI=1S/C24H29BrNO7/c1-14-21(28)33-19-9-11-26(12-18(27)15-4-6-17(25)7-5-15)10-8-16(20(19)26)13-32-22(29)24(3,31)23(14,2)30/h4-8,14,19-20,30-31H,9-13H2,1-3H3/q+1. The van der Waals surface area contributed by atoms with Crippen LogP contribution in [0.25, 0.3) is 0 Å². The largest absolute Gasteiger partial charge is 0.459 e. The fourth-order valence-electron chi connectivity index (χ4n) is 5.17. The van der Waals surface area contributed by atoms with Gasteiger partial charge in [-0.2, -0.15) is 0 Å². The predicted molar refractivity (Wildman–Crippen MR) is 121 cm³/mol. The molecule has 4 rings (SSSR count). The molecule has 6 unspecified atom stereocenters. The number of carbonyl (C=O) groups excluding carboxylic acids is 3. The fourth-order valence-corrected chi connectivity index (χ4v) is 5.43. The number of Topliss-reactive ketones (excluding diaryl/α,β-unsaturated/α-hetero) is 1. The Balaban J connectivity index is 1.64. The summed E-state index contributed by atoms with van der Waals surface area (Å²) in [5.41, 5.74) is -3.05. The van der Waals surface area contributed by atoms with Crippen LogP contribution in [0.2, 0.25) is 0 Å². The van der Waals surface area contributed by atoms with Crippen molar-refractivity contribution in [2.75, 3.05) is 26.2 Å². The monoisotopic (exact) mass is 522 g/mol. The molecule has 1 aromatic carbocycles. The minimum Gasteiger partial charge on any atom is -0.459 e. The molecule has 2 N–H and O–H groups in total. The molecule has 8 nitrogen and oxygen atoms in total. The van der Waals surface area contributed by atoms with E-state index in [9.17, 15) is 24.6 Å². The number of carbonyl (C=O) groups is 3. The molecule has 0 bridgehead atoms. The number of ether oxygens (including phenoxy) is 2. The van der Waals surface area contributed by atoms with E-state index in [1.165, 1.54) is 13.8 Å². The number of cyclic esters (lactones) is 1. The van der Waals surface area contributed by atoms with Crippen LogP contribution in [0.4, 0.5) is 0 Å². The highest BCUT2D eigenvalue weighted by molar-refractivity contribution is 9.10. The van der Waals surface area contributed by atoms with Gasteiger partial charge in [-0.05, 0) is 39.0 Å². The van der Waals surface area contributed by atoms with Crippen LogP contribution in [0.15, 0.2) is 40.4 Å². The topological polar surface area (TPSA) is 110 Å². The van der Waals surface area contributed by atoms with Crippen molar-refractivity contribution >= 4 is 33.7 Å². The first kappa shape index (κ1) is 24.1. The Morgan fingerprint density at radius 2 is 1.88 bits per heavy atom. The van der Waals surface area contributed by atoms with Gasteiger partial charge in [0.05, 0.1) is 19.0 Å². The summed E-state index contributed by atoms with van der Waals surface area (Å²) in [6.07, 6.45) is 1.95. The molecule has 6 atom stereocenters. The summed E-state index contributed by atoms with van der Waals surface area (Å²) >= 11 is 3.38. The second-order valence-electron chi connectivity index (χ2n) is 9.72. The van der Waals surface area contributed by atoms with Crippen molar-refractivity contribution in [1.82, 2.24) is 0 Å². The molecule has 1 aromatic rings. The Labute approximate surface area is 200 Å². The number of aliphatic hydroxyl groups is 2. The molecule has 9 heteroatoms. The molecule has 0 spiro atoms. The SMILES string of the molecule is CC1C(=O)OC2CC[N+]3(CC(=O)c4ccc(Br)cc4)CC=C(COC(=O)C(C)(O)C1(C)O)C23. The van der Waals surface area contributed by atoms with Gasteiger partial charge in [-0.3, -0.25) is 9.59 Å². The third-order valence-corrected chi connectivity index (χ3v) is 8.27. The highest BCUT2D eigenvalue weighted by Gasteiger charge is 2.59. The van der Waals surface area contributed by atoms with E-state index in [0.717, 1.165) is 17.0 Å². The lowest BCUT2D eigenvalue weighted by molar-refractivity contribution is -0.917. The molecule has 3 heterocycles. The van der Waals surface area contributed by atoms with Gasteiger partial charge in [0.2, 0.25) is 5.78 Å². The molecule has 3 aliphatic heterocycles. The van der Waals surface area contributed by atoms with Gasteiger partial charge in [0.1, 0.15) is 18.8 Å². The number of quaternary nitrogens is 1. The zero-order valence-electron chi connectivity index (χ0n) is 18.9. The van der Waals surface area contributed by atoms with Crippen LogP contribution in [0.5, 0.6) is 0 Å². The van der Waals surface area contributed by atoms with E-state index in [-0.39, 0.29) is 25.0 Å². The second kappa shape index (κ2) is 8.30. The van der Waals surface area contributed by atoms with Gasteiger partial charge in [0.25, 0.3) is 0 Å². The van der Waals surface area contributed by atoms with Crippen molar-refractivity contribution in [2.24, 2.45) is 5.92 Å². The summed E-state index contributed by atoms with van der Waals surface area (Å²) in [6, 6.07) is 6.85. The molecule has 2 fully saturated rings. The molecule has 0 amide bonds. The second-order valence-corrected chi connectivity index (χ2v) is 10.6. The van der Waals surface area contributed by atoms with Gasteiger partial charge in [-0.15, -0.1) is 0 Å². The van der Waals surface area contributed by atoms with Crippen molar-refractivity contribution < 1.29 is 38.6 Å². The summed E-state index contributed by atoms with van der Waals surface area (Å²) < 4.78 is 12.5. The summed E-state index contributed by atoms with van der Waals surface area (Å²) in [4.78, 5) is 38.8. The summed E-state index contributed by atoms with van der Waals surface area (Å²) in [5.74, 6) is -2.92. The van der Waals surface area contributed by atoms with E-state index >= 15 is 0 Å². The van der Waals surface area contributed by atoms with Gasteiger partial charge < -0.3 is 24.2 Å². The highest BCUT2D eigenvalue weighted by atomic mass is 79.9. The number of nitrogens with zero attached hydrogens (tertiary/aromatic N) is 1. The molecule has 0 aliphatic carbocycles. The van der Waals surface area contributed by atoms with Crippen molar-refractivity contribution in [1.29, 1.82) is 0 Å². The van der Waals surface area contributed by atoms with Gasteiger partial charge in [-0.25, -0.2) is 4.79 Å². The van der Waals surface area contributed by atoms with Crippen LogP contribution in [0.1, 0.15) is 37.6 Å². The first-order chi connectivity index (χ1) is 15.4. The Morgan fingerprint density at radius 3 is 2.55 bits per heavy atom. The molecule has 0 radical (unpaired) electrons. The zero-order valence-corrected chi connectivity index (χ0v) is 20.5. The first-order valence-electron chi connectivity index (χ1n) is 11.0. The maximum atomic E-state index is 13.1. The Kier molecular flexibility index (Phi) is 6.05. The van der Waals surface area contributed by atoms with Crippen molar-refractivity contribution in [2.45, 2.75) is 50.5 Å². The Bertz CT molecular complexity index is 1020. The summed E-state index contributed by atoms with van der Waals surface area (Å²) in [6.45, 7) is 5.08. The van der Waals surface area contributed by atoms with E-state index in [2.05, 4.69) is 15.9 Å². The fraction of sp³-hybridized carbons (Fsp3) is 0.542. The van der Waals surface area contributed by atoms with Gasteiger partial charge >= 0.3 is 11.9 Å². The molecule has 0 saturated carbocycles. The van der Waals surface area contributed by atoms with E-state index in [1.807, 2.05) is 18.2 Å². The number of ketones is 1. The molecule has 33 heavy (non-hydrogen) atoms. The van der Waals surface area contributed by atoms with Crippen LogP contribution >= 0.6 is 15.9 Å². The lowest BCUT2D eigenvalue weighted by atomic mass is 9.76. The highest BCUT2D eigenvalue weighted by Crippen LogP contribution is 2.41. The van der Waals surface area contributed by atoms with Crippen molar-refractivity contribution in [3.8, 4) is 0 Å². The summed E-state index contributed by atoms with van der Waals surface area (Å²) in [5, 5.41) is 21.7. The van der Waals surface area contributed by atoms with E-state index in [4.69, 9.17) is 9.47 Å². The van der Waals surface area contributed by atoms with Crippen LogP contribution in [0.3, 0.4) is 0 Å². The van der Waals surface area contributed by atoms with Crippen LogP contribution in [0, 0.1) is 5.92 Å². The maximum absolute atomic E-state index is 13.1. The zero-order chi connectivity index (χ0) is 24.2. The molecule has 0 aromatic heterocycles. The predicted octanol–water partition coefficient (Wildman–Crippen LogP) is 1.77. The lowest BCUT2D eigenvalue weighted by Gasteiger charge is -2.39. The Morgan fingerprint density at radius 1 is 1.21 bits per heavy atom. The molecule has 2 saturated heterocycles. The van der Waals surface area contributed by atoms with Crippen molar-refractivity contribution in [3.63, 3.8) is 0 Å². The number of rotatable bonds is 3. The van der Waals surface area contributed by atoms with Gasteiger partial charge in [-0.1, -0.05) is 28.1 Å². The van der Waals surface area contributed by atoms with Crippen molar-refractivity contribution in [3.05, 3.63) is 46.0 Å². The maximum Gasteiger partial charge on any atom is 0.341 e. The third-order valence-electron chi connectivity index (χ3n) is 7.74. The van der Waals surface area contributed by atoms with Crippen LogP contribution in [-0.4, -0.2) is 82.0 Å². The normalized spacial score (nSPS) is 38.6. The number of hydrogen-bond acceptors (Lipinski definition) is 7. The van der Waals surface area contributed by atoms with E-state index in [1.54, 1.807) is 12.1 Å². The average molecular weight is 523 g/mol. The average Bonchev–Trinajstić information content (AvgIpc) is 3.28. The minimum atomic E-state index is -2.31. The molecular formula is C24H29BrNO7+. The van der Waals surface area contributed by atoms with E-state index in [0.29, 0.717) is 29.6 Å². The molecular weight excluding hydrogens is 494 g/mol. The van der Waals surface area contributed by atoms with Gasteiger partial charge in [0, 0.05) is 22.0 Å². The number of halogens is 1. The molecule has 178 valence electrons. The van der Waals surface area contributed by atoms with Crippen LogP contribution in [-0.2, 0) is 19.1 Å². The van der Waals surface area contributed by atoms with Crippen LogP contribution < -0.4 is 0 Å². The number of hydrogen-bond donors (Lipinski definition) is 2. The Hall–Kier alpha value is -2.07. The third kappa shape index (κ3) is 3.95. The van der Waals surface area contributed by atoms with E-state index < -0.39 is 35.2 Å². The molecule has 3 aliphatic rings. The first-order valence-corrected chi connectivity index (χ1v) is 11.8. The quantitative estimate of drug-likeness (QED) is 0.269. The number of benzene rings is 1. The minimum absolute atomic E-state index is 0.0188. The summed E-state index contributed by atoms with van der Waals surface area (Å²) in [7, 11) is 0. The van der Waals surface area contributed by atoms with Gasteiger partial charge in [0.15, 0.2) is 17.7 Å².